The molecule has 0 aliphatic rings. The first-order valence-electron chi connectivity index (χ1n) is 4.76. The van der Waals surface area contributed by atoms with Gasteiger partial charge in [0.1, 0.15) is 6.10 Å². The maximum Gasteiger partial charge on any atom is 0.114 e. The summed E-state index contributed by atoms with van der Waals surface area (Å²) in [5.74, 6) is 0. The van der Waals surface area contributed by atoms with Crippen molar-refractivity contribution in [1.29, 1.82) is 0 Å². The molecule has 3 N–H and O–H groups in total. The first kappa shape index (κ1) is 10.2. The van der Waals surface area contributed by atoms with Crippen LogP contribution in [-0.4, -0.2) is 5.11 Å². The minimum atomic E-state index is -0.562. The summed E-state index contributed by atoms with van der Waals surface area (Å²) in [6.45, 7) is 2.00. The Morgan fingerprint density at radius 2 is 2.13 bits per heavy atom. The highest BCUT2D eigenvalue weighted by molar-refractivity contribution is 7.10. The summed E-state index contributed by atoms with van der Waals surface area (Å²) in [5, 5.41) is 12.1. The monoisotopic (exact) mass is 219 g/mol. The van der Waals surface area contributed by atoms with Gasteiger partial charge in [-0.15, -0.1) is 11.3 Å². The van der Waals surface area contributed by atoms with Gasteiger partial charge in [0.25, 0.3) is 0 Å². The molecule has 0 bridgehead atoms. The Labute approximate surface area is 93.0 Å². The van der Waals surface area contributed by atoms with Gasteiger partial charge in [-0.05, 0) is 41.6 Å². The van der Waals surface area contributed by atoms with E-state index in [0.717, 1.165) is 16.0 Å². The summed E-state index contributed by atoms with van der Waals surface area (Å²) in [5.41, 5.74) is 8.33. The van der Waals surface area contributed by atoms with Gasteiger partial charge in [-0.3, -0.25) is 0 Å². The maximum atomic E-state index is 10.1. The van der Waals surface area contributed by atoms with E-state index >= 15 is 0 Å². The quantitative estimate of drug-likeness (QED) is 0.763. The molecule has 1 heterocycles. The van der Waals surface area contributed by atoms with Crippen molar-refractivity contribution in [2.75, 3.05) is 5.73 Å². The number of anilines is 1. The van der Waals surface area contributed by atoms with Gasteiger partial charge >= 0.3 is 0 Å². The van der Waals surface area contributed by atoms with Crippen LogP contribution in [0, 0.1) is 6.92 Å². The third-order valence-electron chi connectivity index (χ3n) is 2.38. The molecule has 1 unspecified atom stereocenters. The van der Waals surface area contributed by atoms with Gasteiger partial charge in [-0.25, -0.2) is 0 Å². The lowest BCUT2D eigenvalue weighted by Gasteiger charge is -2.10. The number of thiophene rings is 1. The van der Waals surface area contributed by atoms with E-state index in [2.05, 4.69) is 0 Å². The highest BCUT2D eigenvalue weighted by atomic mass is 32.1. The third-order valence-corrected chi connectivity index (χ3v) is 3.45. The number of nitrogen functional groups attached to an aromatic ring is 1. The summed E-state index contributed by atoms with van der Waals surface area (Å²) >= 11 is 1.57. The lowest BCUT2D eigenvalue weighted by Crippen LogP contribution is -1.99. The molecule has 0 aliphatic carbocycles. The Hall–Kier alpha value is -1.32. The maximum absolute atomic E-state index is 10.1. The number of hydrogen-bond donors (Lipinski definition) is 2. The molecular formula is C12H13NOS. The Morgan fingerprint density at radius 1 is 1.33 bits per heavy atom. The number of nitrogens with two attached hydrogens (primary N) is 1. The zero-order chi connectivity index (χ0) is 10.8. The molecule has 15 heavy (non-hydrogen) atoms. The number of aryl methyl sites for hydroxylation is 1. The topological polar surface area (TPSA) is 46.2 Å². The van der Waals surface area contributed by atoms with E-state index in [1.165, 1.54) is 0 Å². The van der Waals surface area contributed by atoms with E-state index in [-0.39, 0.29) is 0 Å². The van der Waals surface area contributed by atoms with Crippen molar-refractivity contribution in [3.8, 4) is 0 Å². The molecule has 2 rings (SSSR count). The zero-order valence-corrected chi connectivity index (χ0v) is 9.29. The fourth-order valence-corrected chi connectivity index (χ4v) is 2.48. The SMILES string of the molecule is Cc1ccsc1C(O)c1cccc(N)c1. The first-order chi connectivity index (χ1) is 7.18. The Kier molecular flexibility index (Phi) is 2.75. The summed E-state index contributed by atoms with van der Waals surface area (Å²) < 4.78 is 0. The molecule has 0 radical (unpaired) electrons. The lowest BCUT2D eigenvalue weighted by molar-refractivity contribution is 0.223. The van der Waals surface area contributed by atoms with E-state index in [0.29, 0.717) is 5.69 Å². The van der Waals surface area contributed by atoms with Gasteiger partial charge in [-0.1, -0.05) is 12.1 Å². The molecule has 0 aliphatic heterocycles. The summed E-state index contributed by atoms with van der Waals surface area (Å²) in [7, 11) is 0. The van der Waals surface area contributed by atoms with Gasteiger partial charge in [0.05, 0.1) is 0 Å². The average Bonchev–Trinajstić information content (AvgIpc) is 2.63. The zero-order valence-electron chi connectivity index (χ0n) is 8.47. The van der Waals surface area contributed by atoms with Crippen LogP contribution in [0.2, 0.25) is 0 Å². The van der Waals surface area contributed by atoms with E-state index in [1.54, 1.807) is 11.3 Å². The Morgan fingerprint density at radius 3 is 2.73 bits per heavy atom. The molecule has 2 aromatic rings. The number of benzene rings is 1. The Balaban J connectivity index is 2.36. The molecule has 0 saturated carbocycles. The number of aliphatic hydroxyl groups is 1. The number of aliphatic hydroxyl groups excluding tert-OH is 1. The molecule has 1 atom stereocenters. The van der Waals surface area contributed by atoms with Crippen molar-refractivity contribution >= 4 is 17.0 Å². The predicted molar refractivity (Wildman–Crippen MR) is 64.0 cm³/mol. The molecule has 1 aromatic carbocycles. The molecular weight excluding hydrogens is 206 g/mol. The average molecular weight is 219 g/mol. The minimum absolute atomic E-state index is 0.562. The van der Waals surface area contributed by atoms with Gasteiger partial charge in [0.2, 0.25) is 0 Å². The van der Waals surface area contributed by atoms with Crippen LogP contribution >= 0.6 is 11.3 Å². The van der Waals surface area contributed by atoms with Crippen LogP contribution in [0.1, 0.15) is 22.1 Å². The molecule has 1 aromatic heterocycles. The molecule has 0 fully saturated rings. The molecule has 2 nitrogen and oxygen atoms in total. The largest absolute Gasteiger partial charge is 0.399 e. The van der Waals surface area contributed by atoms with Crippen LogP contribution < -0.4 is 5.73 Å². The summed E-state index contributed by atoms with van der Waals surface area (Å²) in [6.07, 6.45) is -0.562. The molecule has 0 amide bonds. The Bertz CT molecular complexity index is 464. The van der Waals surface area contributed by atoms with Crippen LogP contribution in [0.3, 0.4) is 0 Å². The van der Waals surface area contributed by atoms with Crippen molar-refractivity contribution < 1.29 is 5.11 Å². The summed E-state index contributed by atoms with van der Waals surface area (Å²) in [4.78, 5) is 0.987. The fourth-order valence-electron chi connectivity index (χ4n) is 1.55. The van der Waals surface area contributed by atoms with Gasteiger partial charge < -0.3 is 10.8 Å². The van der Waals surface area contributed by atoms with Crippen LogP contribution in [-0.2, 0) is 0 Å². The van der Waals surface area contributed by atoms with E-state index in [9.17, 15) is 5.11 Å². The predicted octanol–water partition coefficient (Wildman–Crippen LogP) is 2.72. The van der Waals surface area contributed by atoms with Gasteiger partial charge in [0, 0.05) is 10.6 Å². The van der Waals surface area contributed by atoms with Gasteiger partial charge in [0.15, 0.2) is 0 Å². The highest BCUT2D eigenvalue weighted by Gasteiger charge is 2.13. The highest BCUT2D eigenvalue weighted by Crippen LogP contribution is 2.29. The van der Waals surface area contributed by atoms with Crippen molar-refractivity contribution in [2.45, 2.75) is 13.0 Å². The standard InChI is InChI=1S/C12H13NOS/c1-8-5-6-15-12(8)11(14)9-3-2-4-10(13)7-9/h2-7,11,14H,13H2,1H3. The van der Waals surface area contributed by atoms with Crippen LogP contribution in [0.15, 0.2) is 35.7 Å². The normalized spacial score (nSPS) is 12.7. The summed E-state index contributed by atoms with van der Waals surface area (Å²) in [6, 6.07) is 9.38. The van der Waals surface area contributed by atoms with Crippen molar-refractivity contribution in [1.82, 2.24) is 0 Å². The van der Waals surface area contributed by atoms with Crippen LogP contribution in [0.25, 0.3) is 0 Å². The molecule has 0 saturated heterocycles. The van der Waals surface area contributed by atoms with Crippen LogP contribution in [0.4, 0.5) is 5.69 Å². The van der Waals surface area contributed by atoms with E-state index < -0.39 is 6.10 Å². The second-order valence-electron chi connectivity index (χ2n) is 3.54. The van der Waals surface area contributed by atoms with E-state index in [1.807, 2.05) is 42.6 Å². The van der Waals surface area contributed by atoms with Crippen molar-refractivity contribution in [3.05, 3.63) is 51.7 Å². The second kappa shape index (κ2) is 4.04. The second-order valence-corrected chi connectivity index (χ2v) is 4.49. The fraction of sp³-hybridized carbons (Fsp3) is 0.167. The third kappa shape index (κ3) is 2.03. The van der Waals surface area contributed by atoms with E-state index in [4.69, 9.17) is 5.73 Å². The smallest absolute Gasteiger partial charge is 0.114 e. The molecule has 78 valence electrons. The van der Waals surface area contributed by atoms with Gasteiger partial charge in [-0.2, -0.15) is 0 Å². The lowest BCUT2D eigenvalue weighted by atomic mass is 10.1. The number of hydrogen-bond acceptors (Lipinski definition) is 3. The first-order valence-corrected chi connectivity index (χ1v) is 5.64. The van der Waals surface area contributed by atoms with Crippen molar-refractivity contribution in [2.24, 2.45) is 0 Å². The van der Waals surface area contributed by atoms with Crippen molar-refractivity contribution in [3.63, 3.8) is 0 Å². The van der Waals surface area contributed by atoms with Crippen LogP contribution in [0.5, 0.6) is 0 Å². The number of rotatable bonds is 2. The minimum Gasteiger partial charge on any atom is -0.399 e. The molecule has 0 spiro atoms. The molecule has 3 heteroatoms.